The van der Waals surface area contributed by atoms with Crippen LogP contribution < -0.4 is 4.74 Å². The van der Waals surface area contributed by atoms with Gasteiger partial charge >= 0.3 is 0 Å². The smallest absolute Gasteiger partial charge is 0.222 e. The third-order valence-corrected chi connectivity index (χ3v) is 9.81. The van der Waals surface area contributed by atoms with Gasteiger partial charge in [0.1, 0.15) is 5.75 Å². The first-order valence-corrected chi connectivity index (χ1v) is 12.4. The molecule has 6 atom stereocenters. The average Bonchev–Trinajstić information content (AvgIpc) is 3.06. The molecule has 1 aliphatic heterocycles. The lowest BCUT2D eigenvalue weighted by Gasteiger charge is -2.58. The minimum absolute atomic E-state index is 0.230. The summed E-state index contributed by atoms with van der Waals surface area (Å²) in [6.07, 6.45) is 14.5. The molecule has 0 radical (unpaired) electrons. The fraction of sp³-hybridized carbons (Fsp3) is 0.704. The lowest BCUT2D eigenvalue weighted by molar-refractivity contribution is -0.131. The van der Waals surface area contributed by atoms with Crippen LogP contribution in [0.25, 0.3) is 5.57 Å². The standard InChI is InChI=1S/C27H38N2O2/c1-5-31-20-14-18(16-28-17-20)22-8-9-23-21-7-6-19-15-25(30)29(4)13-12-26(19,2)24(21)10-11-27(22,23)3/h8,14,16-17,19,21,23-24H,5-7,9-13,15H2,1-4H3. The summed E-state index contributed by atoms with van der Waals surface area (Å²) in [6, 6.07) is 2.19. The van der Waals surface area contributed by atoms with Crippen LogP contribution in [0.4, 0.5) is 0 Å². The van der Waals surface area contributed by atoms with E-state index in [0.717, 1.165) is 30.6 Å². The van der Waals surface area contributed by atoms with Crippen molar-refractivity contribution in [2.24, 2.45) is 34.5 Å². The van der Waals surface area contributed by atoms with Crippen molar-refractivity contribution in [3.8, 4) is 5.75 Å². The number of ether oxygens (including phenoxy) is 1. The van der Waals surface area contributed by atoms with Crippen molar-refractivity contribution in [3.63, 3.8) is 0 Å². The number of pyridine rings is 1. The fourth-order valence-electron chi connectivity index (χ4n) is 7.99. The van der Waals surface area contributed by atoms with E-state index < -0.39 is 0 Å². The Bertz CT molecular complexity index is 895. The van der Waals surface area contributed by atoms with Crippen molar-refractivity contribution in [2.45, 2.75) is 65.7 Å². The van der Waals surface area contributed by atoms with Crippen LogP contribution in [0.1, 0.15) is 71.3 Å². The molecule has 6 unspecified atom stereocenters. The molecule has 2 heterocycles. The maximum atomic E-state index is 12.6. The van der Waals surface area contributed by atoms with Gasteiger partial charge in [-0.2, -0.15) is 0 Å². The molecular formula is C27H38N2O2. The molecule has 1 amide bonds. The van der Waals surface area contributed by atoms with Crippen LogP contribution >= 0.6 is 0 Å². The van der Waals surface area contributed by atoms with E-state index in [9.17, 15) is 4.79 Å². The van der Waals surface area contributed by atoms with Crippen molar-refractivity contribution in [1.82, 2.24) is 9.88 Å². The summed E-state index contributed by atoms with van der Waals surface area (Å²) in [5.74, 6) is 4.05. The molecule has 3 aliphatic carbocycles. The molecule has 3 fully saturated rings. The van der Waals surface area contributed by atoms with Crippen LogP contribution in [0, 0.1) is 34.5 Å². The number of allylic oxidation sites excluding steroid dienone is 2. The van der Waals surface area contributed by atoms with E-state index in [1.807, 2.05) is 31.3 Å². The molecule has 4 nitrogen and oxygen atoms in total. The zero-order chi connectivity index (χ0) is 21.8. The van der Waals surface area contributed by atoms with Gasteiger partial charge in [0.25, 0.3) is 0 Å². The number of nitrogens with zero attached hydrogens (tertiary/aromatic N) is 2. The fourth-order valence-corrected chi connectivity index (χ4v) is 7.99. The number of rotatable bonds is 3. The summed E-state index contributed by atoms with van der Waals surface area (Å²) >= 11 is 0. The second-order valence-electron chi connectivity index (χ2n) is 11.1. The van der Waals surface area contributed by atoms with Gasteiger partial charge in [-0.05, 0) is 97.2 Å². The van der Waals surface area contributed by atoms with Crippen LogP contribution in [0.2, 0.25) is 0 Å². The molecule has 1 aromatic rings. The van der Waals surface area contributed by atoms with Gasteiger partial charge in [0, 0.05) is 26.2 Å². The van der Waals surface area contributed by atoms with E-state index in [0.29, 0.717) is 29.8 Å². The molecule has 0 spiro atoms. The first-order chi connectivity index (χ1) is 14.9. The molecule has 5 rings (SSSR count). The van der Waals surface area contributed by atoms with E-state index in [2.05, 4.69) is 31.0 Å². The monoisotopic (exact) mass is 422 g/mol. The van der Waals surface area contributed by atoms with Gasteiger partial charge in [0.05, 0.1) is 12.8 Å². The number of carbonyl (C=O) groups excluding carboxylic acids is 1. The van der Waals surface area contributed by atoms with E-state index >= 15 is 0 Å². The Morgan fingerprint density at radius 1 is 1.16 bits per heavy atom. The first kappa shape index (κ1) is 21.0. The summed E-state index contributed by atoms with van der Waals surface area (Å²) in [7, 11) is 2.00. The Kier molecular flexibility index (Phi) is 5.18. The number of aromatic nitrogens is 1. The predicted octanol–water partition coefficient (Wildman–Crippen LogP) is 5.58. The second-order valence-corrected chi connectivity index (χ2v) is 11.1. The number of amides is 1. The molecule has 4 aliphatic rings. The highest BCUT2D eigenvalue weighted by Gasteiger charge is 2.58. The quantitative estimate of drug-likeness (QED) is 0.638. The Hall–Kier alpha value is -1.84. The van der Waals surface area contributed by atoms with Crippen LogP contribution in [-0.2, 0) is 4.79 Å². The molecule has 4 heteroatoms. The van der Waals surface area contributed by atoms with Crippen LogP contribution in [0.15, 0.2) is 24.5 Å². The molecule has 0 bridgehead atoms. The molecule has 1 aromatic heterocycles. The van der Waals surface area contributed by atoms with Crippen molar-refractivity contribution >= 4 is 11.5 Å². The topological polar surface area (TPSA) is 42.4 Å². The lowest BCUT2D eigenvalue weighted by Crippen LogP contribution is -2.51. The molecule has 168 valence electrons. The molecule has 0 aromatic carbocycles. The highest BCUT2D eigenvalue weighted by atomic mass is 16.5. The number of likely N-dealkylation sites (tertiary alicyclic amines) is 1. The van der Waals surface area contributed by atoms with Gasteiger partial charge in [0.15, 0.2) is 0 Å². The van der Waals surface area contributed by atoms with Gasteiger partial charge < -0.3 is 9.64 Å². The van der Waals surface area contributed by atoms with Crippen molar-refractivity contribution in [3.05, 3.63) is 30.1 Å². The van der Waals surface area contributed by atoms with Crippen LogP contribution in [0.3, 0.4) is 0 Å². The third-order valence-electron chi connectivity index (χ3n) is 9.81. The van der Waals surface area contributed by atoms with Gasteiger partial charge in [-0.25, -0.2) is 0 Å². The highest BCUT2D eigenvalue weighted by molar-refractivity contribution is 5.76. The minimum Gasteiger partial charge on any atom is -0.492 e. The largest absolute Gasteiger partial charge is 0.492 e. The van der Waals surface area contributed by atoms with Crippen molar-refractivity contribution in [2.75, 3.05) is 20.2 Å². The molecule has 1 saturated heterocycles. The van der Waals surface area contributed by atoms with E-state index in [1.165, 1.54) is 49.7 Å². The third kappa shape index (κ3) is 3.24. The Labute approximate surface area is 187 Å². The Balaban J connectivity index is 1.42. The maximum absolute atomic E-state index is 12.6. The summed E-state index contributed by atoms with van der Waals surface area (Å²) in [6.45, 7) is 8.67. The second kappa shape index (κ2) is 7.64. The van der Waals surface area contributed by atoms with E-state index in [1.54, 1.807) is 0 Å². The van der Waals surface area contributed by atoms with Crippen molar-refractivity contribution < 1.29 is 9.53 Å². The molecule has 2 saturated carbocycles. The highest BCUT2D eigenvalue weighted by Crippen LogP contribution is 2.66. The first-order valence-electron chi connectivity index (χ1n) is 12.4. The van der Waals surface area contributed by atoms with Gasteiger partial charge in [-0.15, -0.1) is 0 Å². The van der Waals surface area contributed by atoms with Gasteiger partial charge in [-0.1, -0.05) is 19.9 Å². The summed E-state index contributed by atoms with van der Waals surface area (Å²) in [5, 5.41) is 0. The van der Waals surface area contributed by atoms with E-state index in [4.69, 9.17) is 4.74 Å². The molecule has 31 heavy (non-hydrogen) atoms. The molecular weight excluding hydrogens is 384 g/mol. The van der Waals surface area contributed by atoms with E-state index in [-0.39, 0.29) is 5.41 Å². The minimum atomic E-state index is 0.230. The summed E-state index contributed by atoms with van der Waals surface area (Å²) in [4.78, 5) is 19.1. The number of hydrogen-bond donors (Lipinski definition) is 0. The summed E-state index contributed by atoms with van der Waals surface area (Å²) in [5.41, 5.74) is 3.28. The Morgan fingerprint density at radius 2 is 2.00 bits per heavy atom. The number of fused-ring (bicyclic) bond motifs is 5. The predicted molar refractivity (Wildman–Crippen MR) is 124 cm³/mol. The lowest BCUT2D eigenvalue weighted by atomic mass is 9.46. The van der Waals surface area contributed by atoms with Crippen LogP contribution in [0.5, 0.6) is 5.75 Å². The maximum Gasteiger partial charge on any atom is 0.222 e. The number of hydrogen-bond acceptors (Lipinski definition) is 3. The van der Waals surface area contributed by atoms with Crippen LogP contribution in [-0.4, -0.2) is 36.0 Å². The zero-order valence-electron chi connectivity index (χ0n) is 19.7. The number of carbonyl (C=O) groups is 1. The SMILES string of the molecule is CCOc1cncc(C2=CCC3C4CCC5CC(=O)N(C)CCC5(C)C4CCC23C)c1. The van der Waals surface area contributed by atoms with Gasteiger partial charge in [0.2, 0.25) is 5.91 Å². The van der Waals surface area contributed by atoms with Crippen molar-refractivity contribution in [1.29, 1.82) is 0 Å². The van der Waals surface area contributed by atoms with Gasteiger partial charge in [-0.3, -0.25) is 9.78 Å². The summed E-state index contributed by atoms with van der Waals surface area (Å²) < 4.78 is 5.74. The molecule has 0 N–H and O–H groups in total. The zero-order valence-corrected chi connectivity index (χ0v) is 19.7. The normalized spacial score (nSPS) is 39.8. The Morgan fingerprint density at radius 3 is 2.81 bits per heavy atom. The average molecular weight is 423 g/mol.